The molecule has 1 aliphatic heterocycles. The van der Waals surface area contributed by atoms with E-state index >= 15 is 0 Å². The molecule has 204 valence electrons. The van der Waals surface area contributed by atoms with E-state index in [9.17, 15) is 14.4 Å². The molecular weight excluding hydrogens is 523 g/mol. The third kappa shape index (κ3) is 6.05. The first-order chi connectivity index (χ1) is 20.0. The summed E-state index contributed by atoms with van der Waals surface area (Å²) in [5.74, 6) is 0.171. The van der Waals surface area contributed by atoms with Crippen molar-refractivity contribution in [3.05, 3.63) is 143 Å². The summed E-state index contributed by atoms with van der Waals surface area (Å²) < 4.78 is 36.7. The van der Waals surface area contributed by atoms with Crippen LogP contribution in [0.25, 0.3) is 0 Å². The average molecular weight is 549 g/mol. The van der Waals surface area contributed by atoms with Gasteiger partial charge >= 0.3 is 5.97 Å². The van der Waals surface area contributed by atoms with Crippen LogP contribution >= 0.6 is 0 Å². The predicted molar refractivity (Wildman–Crippen MR) is 150 cm³/mol. The Kier molecular flexibility index (Phi) is 7.98. The fourth-order valence-electron chi connectivity index (χ4n) is 4.41. The van der Waals surface area contributed by atoms with E-state index in [1.807, 2.05) is 6.07 Å². The maximum Gasteiger partial charge on any atom is 0.343 e. The van der Waals surface area contributed by atoms with E-state index in [0.29, 0.717) is 40.5 Å². The van der Waals surface area contributed by atoms with Crippen molar-refractivity contribution in [1.82, 2.24) is 0 Å². The first-order valence-corrected chi connectivity index (χ1v) is 12.7. The molecule has 41 heavy (non-hydrogen) atoms. The van der Waals surface area contributed by atoms with Gasteiger partial charge in [0.25, 0.3) is 0 Å². The molecular formula is C33H25FN2O5. The Labute approximate surface area is 236 Å². The Morgan fingerprint density at radius 1 is 0.976 bits per heavy atom. The summed E-state index contributed by atoms with van der Waals surface area (Å²) in [6, 6.07) is 27.2. The standard InChI is InChI=1S/C33H25FN2O5/c1-2-16-38-24-12-10-21(11-13-24)33(37)40-26-14-15-27-30(18-26)41-32(36)28(19-35)31(27)22-7-5-8-25(17-22)39-20-23-6-3-4-9-29(23)34/h2-15,17-18,31H,1,16,20,36H2. The Morgan fingerprint density at radius 3 is 2.51 bits per heavy atom. The van der Waals surface area contributed by atoms with Gasteiger partial charge in [-0.15, -0.1) is 0 Å². The third-order valence-electron chi connectivity index (χ3n) is 6.40. The molecule has 0 aliphatic carbocycles. The molecule has 1 heterocycles. The topological polar surface area (TPSA) is 104 Å². The molecule has 5 rings (SSSR count). The molecule has 0 radical (unpaired) electrons. The van der Waals surface area contributed by atoms with Crippen molar-refractivity contribution in [2.24, 2.45) is 5.73 Å². The molecule has 0 bridgehead atoms. The number of nitriles is 1. The SMILES string of the molecule is C=CCOc1ccc(C(=O)Oc2ccc3c(c2)OC(N)=C(C#N)C3c2cccc(OCc3ccccc3F)c2)cc1. The second-order valence-corrected chi connectivity index (χ2v) is 9.09. The van der Waals surface area contributed by atoms with Gasteiger partial charge in [-0.05, 0) is 54.1 Å². The van der Waals surface area contributed by atoms with Gasteiger partial charge in [0, 0.05) is 17.2 Å². The second kappa shape index (κ2) is 12.1. The molecule has 8 heteroatoms. The number of esters is 1. The average Bonchev–Trinajstić information content (AvgIpc) is 2.99. The number of nitrogens with zero attached hydrogens (tertiary/aromatic N) is 1. The predicted octanol–water partition coefficient (Wildman–Crippen LogP) is 6.41. The van der Waals surface area contributed by atoms with Crippen LogP contribution in [-0.2, 0) is 6.61 Å². The number of allylic oxidation sites excluding steroid dienone is 1. The molecule has 1 unspecified atom stereocenters. The Hall–Kier alpha value is -5.55. The number of hydrogen-bond donors (Lipinski definition) is 1. The normalized spacial score (nSPS) is 13.8. The number of halogens is 1. The van der Waals surface area contributed by atoms with Gasteiger partial charge in [0.2, 0.25) is 5.88 Å². The lowest BCUT2D eigenvalue weighted by Gasteiger charge is -2.27. The number of ether oxygens (including phenoxy) is 4. The smallest absolute Gasteiger partial charge is 0.343 e. The minimum atomic E-state index is -0.562. The minimum Gasteiger partial charge on any atom is -0.490 e. The number of hydrogen-bond acceptors (Lipinski definition) is 7. The van der Waals surface area contributed by atoms with Crippen LogP contribution in [0.5, 0.6) is 23.0 Å². The molecule has 0 saturated carbocycles. The van der Waals surface area contributed by atoms with E-state index in [2.05, 4.69) is 12.6 Å². The number of carbonyl (C=O) groups excluding carboxylic acids is 1. The van der Waals surface area contributed by atoms with Crippen LogP contribution < -0.4 is 24.7 Å². The van der Waals surface area contributed by atoms with Crippen LogP contribution in [0.15, 0.2) is 115 Å². The summed E-state index contributed by atoms with van der Waals surface area (Å²) in [6.07, 6.45) is 1.63. The molecule has 4 aromatic rings. The fourth-order valence-corrected chi connectivity index (χ4v) is 4.41. The van der Waals surface area contributed by atoms with Crippen LogP contribution in [0.4, 0.5) is 4.39 Å². The fraction of sp³-hybridized carbons (Fsp3) is 0.0909. The molecule has 0 saturated heterocycles. The van der Waals surface area contributed by atoms with E-state index in [1.54, 1.807) is 84.9 Å². The van der Waals surface area contributed by atoms with Gasteiger partial charge in [-0.3, -0.25) is 0 Å². The zero-order valence-electron chi connectivity index (χ0n) is 21.9. The maximum atomic E-state index is 14.0. The lowest BCUT2D eigenvalue weighted by molar-refractivity contribution is 0.0734. The van der Waals surface area contributed by atoms with Gasteiger partial charge in [-0.1, -0.05) is 49.1 Å². The molecule has 0 amide bonds. The van der Waals surface area contributed by atoms with E-state index in [0.717, 1.165) is 5.56 Å². The highest BCUT2D eigenvalue weighted by Crippen LogP contribution is 2.44. The minimum absolute atomic E-state index is 0.0445. The maximum absolute atomic E-state index is 14.0. The number of nitrogens with two attached hydrogens (primary N) is 1. The highest BCUT2D eigenvalue weighted by Gasteiger charge is 2.31. The molecule has 2 N–H and O–H groups in total. The Morgan fingerprint density at radius 2 is 1.76 bits per heavy atom. The van der Waals surface area contributed by atoms with Crippen molar-refractivity contribution in [3.8, 4) is 29.1 Å². The quantitative estimate of drug-likeness (QED) is 0.146. The lowest BCUT2D eigenvalue weighted by atomic mass is 9.83. The van der Waals surface area contributed by atoms with Gasteiger partial charge in [-0.25, -0.2) is 9.18 Å². The van der Waals surface area contributed by atoms with Crippen molar-refractivity contribution in [2.45, 2.75) is 12.5 Å². The van der Waals surface area contributed by atoms with Crippen molar-refractivity contribution < 1.29 is 28.1 Å². The van der Waals surface area contributed by atoms with Crippen LogP contribution in [0.1, 0.15) is 33.0 Å². The van der Waals surface area contributed by atoms with Crippen molar-refractivity contribution in [3.63, 3.8) is 0 Å². The molecule has 7 nitrogen and oxygen atoms in total. The van der Waals surface area contributed by atoms with E-state index < -0.39 is 11.9 Å². The zero-order chi connectivity index (χ0) is 28.8. The van der Waals surface area contributed by atoms with Crippen molar-refractivity contribution in [1.29, 1.82) is 5.26 Å². The molecule has 1 atom stereocenters. The molecule has 0 aromatic heterocycles. The summed E-state index contributed by atoms with van der Waals surface area (Å²) in [5, 5.41) is 9.91. The Balaban J connectivity index is 1.37. The van der Waals surface area contributed by atoms with Crippen LogP contribution in [0, 0.1) is 17.1 Å². The van der Waals surface area contributed by atoms with E-state index in [1.165, 1.54) is 6.07 Å². The first-order valence-electron chi connectivity index (χ1n) is 12.7. The number of rotatable bonds is 9. The molecule has 4 aromatic carbocycles. The Bertz CT molecular complexity index is 1670. The molecule has 0 spiro atoms. The van der Waals surface area contributed by atoms with Crippen LogP contribution in [0.2, 0.25) is 0 Å². The summed E-state index contributed by atoms with van der Waals surface area (Å²) in [4.78, 5) is 12.7. The van der Waals surface area contributed by atoms with Crippen LogP contribution in [-0.4, -0.2) is 12.6 Å². The van der Waals surface area contributed by atoms with Gasteiger partial charge in [0.1, 0.15) is 53.7 Å². The molecule has 1 aliphatic rings. The summed E-state index contributed by atoms with van der Waals surface area (Å²) in [5.41, 5.74) is 8.53. The van der Waals surface area contributed by atoms with Crippen molar-refractivity contribution >= 4 is 5.97 Å². The number of carbonyl (C=O) groups is 1. The van der Waals surface area contributed by atoms with E-state index in [4.69, 9.17) is 24.7 Å². The number of benzene rings is 4. The lowest BCUT2D eigenvalue weighted by Crippen LogP contribution is -2.21. The second-order valence-electron chi connectivity index (χ2n) is 9.09. The first kappa shape index (κ1) is 27.0. The number of fused-ring (bicyclic) bond motifs is 1. The van der Waals surface area contributed by atoms with E-state index in [-0.39, 0.29) is 29.6 Å². The van der Waals surface area contributed by atoms with Gasteiger partial charge in [0.05, 0.1) is 11.5 Å². The van der Waals surface area contributed by atoms with Gasteiger partial charge < -0.3 is 24.7 Å². The van der Waals surface area contributed by atoms with Gasteiger partial charge in [-0.2, -0.15) is 5.26 Å². The molecule has 0 fully saturated rings. The summed E-state index contributed by atoms with van der Waals surface area (Å²) >= 11 is 0. The van der Waals surface area contributed by atoms with Gasteiger partial charge in [0.15, 0.2) is 0 Å². The highest BCUT2D eigenvalue weighted by molar-refractivity contribution is 5.91. The zero-order valence-corrected chi connectivity index (χ0v) is 21.9. The third-order valence-corrected chi connectivity index (χ3v) is 6.40. The van der Waals surface area contributed by atoms with Crippen LogP contribution in [0.3, 0.4) is 0 Å². The monoisotopic (exact) mass is 548 g/mol. The highest BCUT2D eigenvalue weighted by atomic mass is 19.1. The summed E-state index contributed by atoms with van der Waals surface area (Å²) in [6.45, 7) is 4.01. The van der Waals surface area contributed by atoms with Crippen molar-refractivity contribution in [2.75, 3.05) is 6.61 Å². The summed E-state index contributed by atoms with van der Waals surface area (Å²) in [7, 11) is 0. The largest absolute Gasteiger partial charge is 0.490 e.